The minimum atomic E-state index is -0.0239. The number of carbonyl (C=O) groups excluding carboxylic acids is 1. The molecule has 0 fully saturated rings. The number of hydrogen-bond acceptors (Lipinski definition) is 5. The van der Waals surface area contributed by atoms with E-state index in [-0.39, 0.29) is 12.5 Å². The van der Waals surface area contributed by atoms with Crippen molar-refractivity contribution in [2.45, 2.75) is 19.9 Å². The standard InChI is InChI=1S/C18H21ClN4OS/c1-10-7-12(13(21)3-5-22-2)16-11-4-6-23(15(24)8-20)9-14(11)25-18(16)17(10)19/h3,5,7H,4,6,8-9,20-21H2,1-2H3. The predicted octanol–water partition coefficient (Wildman–Crippen LogP) is 2.71. The molecular formula is C18H21ClN4OS. The summed E-state index contributed by atoms with van der Waals surface area (Å²) in [5.74, 6) is -0.0239. The van der Waals surface area contributed by atoms with Crippen molar-refractivity contribution < 1.29 is 4.79 Å². The normalized spacial score (nSPS) is 15.2. The molecule has 5 nitrogen and oxygen atoms in total. The number of fused-ring (bicyclic) bond motifs is 3. The average Bonchev–Trinajstić information content (AvgIpc) is 3.00. The summed E-state index contributed by atoms with van der Waals surface area (Å²) in [6.07, 6.45) is 4.27. The molecule has 0 atom stereocenters. The van der Waals surface area contributed by atoms with Gasteiger partial charge in [0.25, 0.3) is 0 Å². The van der Waals surface area contributed by atoms with Crippen LogP contribution in [0, 0.1) is 6.92 Å². The van der Waals surface area contributed by atoms with Gasteiger partial charge < -0.3 is 16.4 Å². The fourth-order valence-electron chi connectivity index (χ4n) is 3.19. The van der Waals surface area contributed by atoms with Crippen LogP contribution >= 0.6 is 22.9 Å². The summed E-state index contributed by atoms with van der Waals surface area (Å²) in [4.78, 5) is 18.9. The zero-order chi connectivity index (χ0) is 18.1. The predicted molar refractivity (Wildman–Crippen MR) is 106 cm³/mol. The molecule has 0 spiro atoms. The SMILES string of the molecule is CN=CC=C(N)c1cc(C)c(Cl)c2sc3c(c12)CCN(C(=O)CN)C3. The van der Waals surface area contributed by atoms with E-state index in [0.29, 0.717) is 18.8 Å². The summed E-state index contributed by atoms with van der Waals surface area (Å²) in [7, 11) is 1.71. The van der Waals surface area contributed by atoms with Gasteiger partial charge in [-0.3, -0.25) is 9.79 Å². The third-order valence-corrected chi connectivity index (χ3v) is 6.31. The highest BCUT2D eigenvalue weighted by molar-refractivity contribution is 7.20. The number of nitrogens with zero attached hydrogens (tertiary/aromatic N) is 2. The van der Waals surface area contributed by atoms with Crippen molar-refractivity contribution in [1.29, 1.82) is 0 Å². The molecule has 0 bridgehead atoms. The molecule has 1 aromatic carbocycles. The number of aryl methyl sites for hydroxylation is 1. The van der Waals surface area contributed by atoms with Gasteiger partial charge in [-0.05, 0) is 36.6 Å². The van der Waals surface area contributed by atoms with Gasteiger partial charge in [-0.25, -0.2) is 0 Å². The van der Waals surface area contributed by atoms with Crippen LogP contribution in [0.1, 0.15) is 21.6 Å². The number of rotatable bonds is 3. The molecule has 2 heterocycles. The maximum absolute atomic E-state index is 11.9. The zero-order valence-corrected chi connectivity index (χ0v) is 15.9. The molecule has 3 rings (SSSR count). The van der Waals surface area contributed by atoms with Crippen LogP contribution in [0.2, 0.25) is 5.02 Å². The molecule has 7 heteroatoms. The van der Waals surface area contributed by atoms with Gasteiger partial charge in [0.2, 0.25) is 5.91 Å². The minimum Gasteiger partial charge on any atom is -0.398 e. The summed E-state index contributed by atoms with van der Waals surface area (Å²) in [6, 6.07) is 2.03. The molecule has 2 aromatic rings. The van der Waals surface area contributed by atoms with Crippen LogP contribution in [0.4, 0.5) is 0 Å². The van der Waals surface area contributed by atoms with Gasteiger partial charge in [0.05, 0.1) is 22.8 Å². The van der Waals surface area contributed by atoms with Crippen LogP contribution in [0.5, 0.6) is 0 Å². The number of allylic oxidation sites excluding steroid dienone is 1. The van der Waals surface area contributed by atoms with Crippen LogP contribution < -0.4 is 11.5 Å². The summed E-state index contributed by atoms with van der Waals surface area (Å²) in [5, 5.41) is 1.86. The van der Waals surface area contributed by atoms with E-state index < -0.39 is 0 Å². The van der Waals surface area contributed by atoms with Crippen molar-refractivity contribution in [3.05, 3.63) is 38.7 Å². The first-order valence-corrected chi connectivity index (χ1v) is 9.26. The molecule has 25 heavy (non-hydrogen) atoms. The number of nitrogens with two attached hydrogens (primary N) is 2. The number of aliphatic imine (C=N–C) groups is 1. The largest absolute Gasteiger partial charge is 0.398 e. The quantitative estimate of drug-likeness (QED) is 0.807. The van der Waals surface area contributed by atoms with Crippen molar-refractivity contribution in [3.63, 3.8) is 0 Å². The lowest BCUT2D eigenvalue weighted by atomic mass is 9.96. The first kappa shape index (κ1) is 17.9. The molecule has 0 radical (unpaired) electrons. The topological polar surface area (TPSA) is 84.7 Å². The van der Waals surface area contributed by atoms with Crippen LogP contribution in [0.3, 0.4) is 0 Å². The molecular weight excluding hydrogens is 356 g/mol. The Morgan fingerprint density at radius 3 is 2.96 bits per heavy atom. The number of carbonyl (C=O) groups is 1. The molecule has 132 valence electrons. The molecule has 1 aromatic heterocycles. The zero-order valence-electron chi connectivity index (χ0n) is 14.3. The second-order valence-corrected chi connectivity index (χ2v) is 7.54. The number of hydrogen-bond donors (Lipinski definition) is 2. The molecule has 1 amide bonds. The van der Waals surface area contributed by atoms with E-state index in [2.05, 4.69) is 4.99 Å². The van der Waals surface area contributed by atoms with E-state index in [9.17, 15) is 4.79 Å². The maximum Gasteiger partial charge on any atom is 0.236 e. The second kappa shape index (κ2) is 7.15. The fourth-order valence-corrected chi connectivity index (χ4v) is 4.83. The van der Waals surface area contributed by atoms with E-state index in [1.54, 1.807) is 35.6 Å². The monoisotopic (exact) mass is 376 g/mol. The highest BCUT2D eigenvalue weighted by Gasteiger charge is 2.26. The van der Waals surface area contributed by atoms with E-state index in [1.165, 1.54) is 5.56 Å². The minimum absolute atomic E-state index is 0.0239. The smallest absolute Gasteiger partial charge is 0.236 e. The first-order valence-electron chi connectivity index (χ1n) is 8.07. The van der Waals surface area contributed by atoms with Crippen LogP contribution in [0.25, 0.3) is 15.8 Å². The molecule has 1 aliphatic heterocycles. The molecule has 0 aliphatic carbocycles. The van der Waals surface area contributed by atoms with Crippen molar-refractivity contribution in [2.75, 3.05) is 20.1 Å². The van der Waals surface area contributed by atoms with Crippen molar-refractivity contribution in [2.24, 2.45) is 16.5 Å². The van der Waals surface area contributed by atoms with Crippen molar-refractivity contribution >= 4 is 50.8 Å². The van der Waals surface area contributed by atoms with E-state index in [4.69, 9.17) is 23.1 Å². The lowest BCUT2D eigenvalue weighted by Crippen LogP contribution is -2.39. The van der Waals surface area contributed by atoms with Gasteiger partial charge in [0, 0.05) is 41.3 Å². The number of benzene rings is 1. The molecule has 1 aliphatic rings. The number of halogens is 1. The van der Waals surface area contributed by atoms with Crippen molar-refractivity contribution in [3.8, 4) is 0 Å². The van der Waals surface area contributed by atoms with Gasteiger partial charge in [-0.1, -0.05) is 11.6 Å². The van der Waals surface area contributed by atoms with E-state index in [0.717, 1.165) is 37.5 Å². The highest BCUT2D eigenvalue weighted by Crippen LogP contribution is 2.43. The Bertz CT molecular complexity index is 900. The molecule has 0 saturated heterocycles. The van der Waals surface area contributed by atoms with E-state index >= 15 is 0 Å². The Balaban J connectivity index is 2.19. The number of amides is 1. The summed E-state index contributed by atoms with van der Waals surface area (Å²) >= 11 is 8.22. The lowest BCUT2D eigenvalue weighted by molar-refractivity contribution is -0.130. The Labute approximate surface area is 156 Å². The van der Waals surface area contributed by atoms with Gasteiger partial charge in [-0.15, -0.1) is 11.3 Å². The molecule has 0 saturated carbocycles. The van der Waals surface area contributed by atoms with Crippen LogP contribution in [0.15, 0.2) is 17.1 Å². The Morgan fingerprint density at radius 2 is 2.28 bits per heavy atom. The number of thiophene rings is 1. The molecule has 4 N–H and O–H groups in total. The fraction of sp³-hybridized carbons (Fsp3) is 0.333. The third-order valence-electron chi connectivity index (χ3n) is 4.47. The highest BCUT2D eigenvalue weighted by atomic mass is 35.5. The summed E-state index contributed by atoms with van der Waals surface area (Å²) in [6.45, 7) is 3.27. The first-order chi connectivity index (χ1) is 12.0. The Hall–Kier alpha value is -1.89. The van der Waals surface area contributed by atoms with Crippen LogP contribution in [-0.4, -0.2) is 37.2 Å². The molecule has 0 unspecified atom stereocenters. The third kappa shape index (κ3) is 3.17. The van der Waals surface area contributed by atoms with Crippen LogP contribution in [-0.2, 0) is 17.8 Å². The summed E-state index contributed by atoms with van der Waals surface area (Å²) < 4.78 is 1.04. The average molecular weight is 377 g/mol. The lowest BCUT2D eigenvalue weighted by Gasteiger charge is -2.26. The van der Waals surface area contributed by atoms with Gasteiger partial charge in [0.15, 0.2) is 0 Å². The summed E-state index contributed by atoms with van der Waals surface area (Å²) in [5.41, 5.74) is 15.7. The van der Waals surface area contributed by atoms with Gasteiger partial charge in [-0.2, -0.15) is 0 Å². The second-order valence-electron chi connectivity index (χ2n) is 6.06. The maximum atomic E-state index is 11.9. The van der Waals surface area contributed by atoms with Gasteiger partial charge in [0.1, 0.15) is 0 Å². The van der Waals surface area contributed by atoms with E-state index in [1.807, 2.05) is 13.0 Å². The van der Waals surface area contributed by atoms with Gasteiger partial charge >= 0.3 is 0 Å². The van der Waals surface area contributed by atoms with Crippen molar-refractivity contribution in [1.82, 2.24) is 4.90 Å². The Kier molecular flexibility index (Phi) is 5.13. The Morgan fingerprint density at radius 1 is 1.52 bits per heavy atom.